The Kier molecular flexibility index (Phi) is 5.56. The molecule has 1 unspecified atom stereocenters. The summed E-state index contributed by atoms with van der Waals surface area (Å²) in [6, 6.07) is 12.9. The normalized spacial score (nSPS) is 19.8. The zero-order valence-electron chi connectivity index (χ0n) is 18.2. The van der Waals surface area contributed by atoms with Crippen molar-refractivity contribution in [1.29, 1.82) is 0 Å². The Balaban J connectivity index is 1.58. The molecule has 0 aliphatic carbocycles. The third-order valence-electron chi connectivity index (χ3n) is 6.40. The number of aryl methyl sites for hydroxylation is 1. The minimum Gasteiger partial charge on any atom is -0.391 e. The summed E-state index contributed by atoms with van der Waals surface area (Å²) in [6.07, 6.45) is 0.966. The van der Waals surface area contributed by atoms with Gasteiger partial charge in [0.1, 0.15) is 0 Å². The second-order valence-electron chi connectivity index (χ2n) is 8.47. The van der Waals surface area contributed by atoms with E-state index in [-0.39, 0.29) is 11.0 Å². The minimum absolute atomic E-state index is 0.205. The molecule has 0 amide bonds. The first-order valence-electron chi connectivity index (χ1n) is 11.2. The van der Waals surface area contributed by atoms with Gasteiger partial charge >= 0.3 is 0 Å². The predicted octanol–water partition coefficient (Wildman–Crippen LogP) is 1.82. The van der Waals surface area contributed by atoms with Crippen LogP contribution < -0.4 is 15.1 Å². The van der Waals surface area contributed by atoms with Crippen molar-refractivity contribution in [1.82, 2.24) is 14.5 Å². The van der Waals surface area contributed by atoms with Gasteiger partial charge in [-0.1, -0.05) is 13.0 Å². The van der Waals surface area contributed by atoms with Crippen LogP contribution in [0.4, 0.5) is 11.4 Å². The SMILES string of the molecule is CCc1nn(S(=O)(=O)c2cccc(N3CCC(O)C3)c2)c2cc(N3CCNCC3)ccc12. The van der Waals surface area contributed by atoms with Crippen molar-refractivity contribution in [3.05, 3.63) is 48.2 Å². The Bertz CT molecular complexity index is 1230. The molecule has 2 fully saturated rings. The van der Waals surface area contributed by atoms with Crippen LogP contribution in [0.5, 0.6) is 0 Å². The largest absolute Gasteiger partial charge is 0.391 e. The summed E-state index contributed by atoms with van der Waals surface area (Å²) in [5, 5.41) is 18.6. The third-order valence-corrected chi connectivity index (χ3v) is 7.98. The maximum atomic E-state index is 13.7. The topological polar surface area (TPSA) is 90.7 Å². The highest BCUT2D eigenvalue weighted by Crippen LogP contribution is 2.30. The quantitative estimate of drug-likeness (QED) is 0.606. The van der Waals surface area contributed by atoms with Gasteiger partial charge in [-0.25, -0.2) is 0 Å². The molecule has 2 saturated heterocycles. The van der Waals surface area contributed by atoms with Crippen LogP contribution in [0.15, 0.2) is 47.4 Å². The number of β-amino-alcohol motifs (C(OH)–C–C–N with tert-alkyl or cyclic N) is 1. The Morgan fingerprint density at radius 3 is 2.56 bits per heavy atom. The molecular weight excluding hydrogens is 426 g/mol. The summed E-state index contributed by atoms with van der Waals surface area (Å²) in [5.41, 5.74) is 3.20. The summed E-state index contributed by atoms with van der Waals surface area (Å²) < 4.78 is 28.6. The maximum absolute atomic E-state index is 13.7. The summed E-state index contributed by atoms with van der Waals surface area (Å²) in [7, 11) is -3.88. The molecule has 9 heteroatoms. The number of aromatic nitrogens is 2. The number of anilines is 2. The van der Waals surface area contributed by atoms with Crippen molar-refractivity contribution in [3.63, 3.8) is 0 Å². The molecule has 0 saturated carbocycles. The summed E-state index contributed by atoms with van der Waals surface area (Å²) in [5.74, 6) is 0. The van der Waals surface area contributed by atoms with E-state index in [9.17, 15) is 13.5 Å². The second kappa shape index (κ2) is 8.38. The smallest absolute Gasteiger partial charge is 0.283 e. The summed E-state index contributed by atoms with van der Waals surface area (Å²) in [6.45, 7) is 6.81. The number of piperazine rings is 1. The highest BCUT2D eigenvalue weighted by Gasteiger charge is 2.26. The molecule has 32 heavy (non-hydrogen) atoms. The number of hydrogen-bond donors (Lipinski definition) is 2. The van der Waals surface area contributed by atoms with E-state index >= 15 is 0 Å². The Morgan fingerprint density at radius 1 is 1.06 bits per heavy atom. The van der Waals surface area contributed by atoms with Gasteiger partial charge in [0, 0.05) is 56.0 Å². The Morgan fingerprint density at radius 2 is 1.84 bits per heavy atom. The first kappa shape index (κ1) is 21.2. The zero-order chi connectivity index (χ0) is 22.3. The maximum Gasteiger partial charge on any atom is 0.283 e. The van der Waals surface area contributed by atoms with Gasteiger partial charge in [0.15, 0.2) is 0 Å². The Hall–Kier alpha value is -2.62. The highest BCUT2D eigenvalue weighted by atomic mass is 32.2. The van der Waals surface area contributed by atoms with E-state index in [2.05, 4.69) is 21.4 Å². The van der Waals surface area contributed by atoms with Gasteiger partial charge in [0.05, 0.1) is 22.2 Å². The van der Waals surface area contributed by atoms with Crippen molar-refractivity contribution in [2.24, 2.45) is 0 Å². The number of nitrogens with zero attached hydrogens (tertiary/aromatic N) is 4. The van der Waals surface area contributed by atoms with Crippen molar-refractivity contribution >= 4 is 32.3 Å². The minimum atomic E-state index is -3.88. The van der Waals surface area contributed by atoms with Gasteiger partial charge in [-0.3, -0.25) is 0 Å². The number of aliphatic hydroxyl groups is 1. The number of fused-ring (bicyclic) bond motifs is 1. The molecule has 2 N–H and O–H groups in total. The van der Waals surface area contributed by atoms with E-state index in [4.69, 9.17) is 0 Å². The van der Waals surface area contributed by atoms with E-state index in [0.29, 0.717) is 31.4 Å². The molecule has 5 rings (SSSR count). The lowest BCUT2D eigenvalue weighted by Crippen LogP contribution is -2.43. The molecule has 170 valence electrons. The molecule has 1 aromatic heterocycles. The molecule has 0 bridgehead atoms. The fourth-order valence-corrected chi connectivity index (χ4v) is 5.96. The molecule has 3 aromatic rings. The van der Waals surface area contributed by atoms with E-state index in [1.54, 1.807) is 18.2 Å². The second-order valence-corrected chi connectivity index (χ2v) is 10.2. The lowest BCUT2D eigenvalue weighted by molar-refractivity contribution is 0.198. The van der Waals surface area contributed by atoms with E-state index in [1.807, 2.05) is 30.0 Å². The molecule has 8 nitrogen and oxygen atoms in total. The van der Waals surface area contributed by atoms with Crippen LogP contribution in [0.25, 0.3) is 10.9 Å². The predicted molar refractivity (Wildman–Crippen MR) is 126 cm³/mol. The molecule has 3 heterocycles. The fraction of sp³-hybridized carbons (Fsp3) is 0.435. The highest BCUT2D eigenvalue weighted by molar-refractivity contribution is 7.90. The van der Waals surface area contributed by atoms with Crippen LogP contribution in [0.2, 0.25) is 0 Å². The summed E-state index contributed by atoms with van der Waals surface area (Å²) in [4.78, 5) is 4.49. The van der Waals surface area contributed by atoms with Crippen LogP contribution in [0.1, 0.15) is 19.0 Å². The zero-order valence-corrected chi connectivity index (χ0v) is 19.1. The number of rotatable bonds is 5. The molecule has 0 spiro atoms. The third kappa shape index (κ3) is 3.74. The first-order chi connectivity index (χ1) is 15.5. The van der Waals surface area contributed by atoms with Crippen molar-refractivity contribution in [2.75, 3.05) is 49.1 Å². The number of aliphatic hydroxyl groups excluding tert-OH is 1. The van der Waals surface area contributed by atoms with Crippen LogP contribution in [0, 0.1) is 0 Å². The lowest BCUT2D eigenvalue weighted by atomic mass is 10.1. The van der Waals surface area contributed by atoms with Crippen molar-refractivity contribution in [3.8, 4) is 0 Å². The molecule has 0 radical (unpaired) electrons. The number of benzene rings is 2. The van der Waals surface area contributed by atoms with Gasteiger partial charge in [0.2, 0.25) is 0 Å². The lowest BCUT2D eigenvalue weighted by Gasteiger charge is -2.29. The van der Waals surface area contributed by atoms with Crippen molar-refractivity contribution in [2.45, 2.75) is 30.8 Å². The fourth-order valence-electron chi connectivity index (χ4n) is 4.62. The van der Waals surface area contributed by atoms with Gasteiger partial charge in [-0.05, 0) is 49.2 Å². The van der Waals surface area contributed by atoms with E-state index in [0.717, 1.165) is 48.6 Å². The van der Waals surface area contributed by atoms with Gasteiger partial charge in [-0.15, -0.1) is 0 Å². The first-order valence-corrected chi connectivity index (χ1v) is 12.7. The standard InChI is InChI=1S/C23H29N5O3S/c1-2-22-21-7-6-18(26-12-9-24-10-13-26)15-23(21)28(25-22)32(30,31)20-5-3-4-17(14-20)27-11-8-19(29)16-27/h3-7,14-15,19,24,29H,2,8-13,16H2,1H3. The van der Waals surface area contributed by atoms with E-state index in [1.165, 1.54) is 4.09 Å². The molecule has 2 aromatic carbocycles. The van der Waals surface area contributed by atoms with Crippen LogP contribution in [-0.4, -0.2) is 68.1 Å². The van der Waals surface area contributed by atoms with Crippen molar-refractivity contribution < 1.29 is 13.5 Å². The average molecular weight is 456 g/mol. The van der Waals surface area contributed by atoms with E-state index < -0.39 is 10.0 Å². The molecule has 2 aliphatic rings. The average Bonchev–Trinajstić information content (AvgIpc) is 3.43. The van der Waals surface area contributed by atoms with Crippen LogP contribution in [0.3, 0.4) is 0 Å². The van der Waals surface area contributed by atoms with Gasteiger partial charge in [-0.2, -0.15) is 17.6 Å². The number of hydrogen-bond acceptors (Lipinski definition) is 7. The molecular formula is C23H29N5O3S. The summed E-state index contributed by atoms with van der Waals surface area (Å²) >= 11 is 0. The monoisotopic (exact) mass is 455 g/mol. The molecule has 2 aliphatic heterocycles. The van der Waals surface area contributed by atoms with Crippen LogP contribution in [-0.2, 0) is 16.4 Å². The van der Waals surface area contributed by atoms with Gasteiger partial charge in [0.25, 0.3) is 10.0 Å². The number of nitrogens with one attached hydrogen (secondary N) is 1. The Labute approximate surface area is 188 Å². The van der Waals surface area contributed by atoms with Gasteiger partial charge < -0.3 is 20.2 Å². The molecule has 1 atom stereocenters. The van der Waals surface area contributed by atoms with Crippen LogP contribution >= 0.6 is 0 Å².